The van der Waals surface area contributed by atoms with Gasteiger partial charge in [-0.05, 0) is 79.4 Å². The van der Waals surface area contributed by atoms with Crippen LogP contribution in [-0.4, -0.2) is 22.8 Å². The van der Waals surface area contributed by atoms with Gasteiger partial charge in [-0.3, -0.25) is 14.5 Å². The number of hydrogen-bond acceptors (Lipinski definition) is 6. The van der Waals surface area contributed by atoms with Crippen molar-refractivity contribution >= 4 is 67.3 Å². The number of carbonyl (C=O) groups is 2. The van der Waals surface area contributed by atoms with Crippen LogP contribution in [0.25, 0.3) is 16.8 Å². The molecule has 2 aliphatic heterocycles. The van der Waals surface area contributed by atoms with E-state index in [1.54, 1.807) is 18.2 Å². The largest absolute Gasteiger partial charge is 0.488 e. The van der Waals surface area contributed by atoms with Crippen LogP contribution in [0.1, 0.15) is 16.7 Å². The highest BCUT2D eigenvalue weighted by molar-refractivity contribution is 9.10. The van der Waals surface area contributed by atoms with E-state index in [0.29, 0.717) is 39.3 Å². The number of imide groups is 1. The molecule has 0 aromatic heterocycles. The van der Waals surface area contributed by atoms with Crippen LogP contribution in [0.2, 0.25) is 5.02 Å². The molecule has 4 aromatic rings. The first-order valence-electron chi connectivity index (χ1n) is 11.7. The summed E-state index contributed by atoms with van der Waals surface area (Å²) in [5, 5.41) is 2.36. The molecule has 1 fully saturated rings. The Balaban J connectivity index is 1.16. The summed E-state index contributed by atoms with van der Waals surface area (Å²) >= 11 is 10.8. The third-order valence-electron chi connectivity index (χ3n) is 6.26. The maximum atomic E-state index is 13.1. The van der Waals surface area contributed by atoms with Crippen molar-refractivity contribution in [1.29, 1.82) is 0 Å². The highest BCUT2D eigenvalue weighted by atomic mass is 79.9. The number of thioether (sulfide) groups is 1. The number of halogens is 2. The summed E-state index contributed by atoms with van der Waals surface area (Å²) < 4.78 is 17.6. The molecule has 6 rings (SSSR count). The molecule has 4 aromatic carbocycles. The summed E-state index contributed by atoms with van der Waals surface area (Å²) in [4.78, 5) is 27.2. The second-order valence-corrected chi connectivity index (χ2v) is 10.9. The minimum atomic E-state index is -0.374. The van der Waals surface area contributed by atoms with Crippen molar-refractivity contribution in [3.63, 3.8) is 0 Å². The topological polar surface area (TPSA) is 65.1 Å². The van der Waals surface area contributed by atoms with Gasteiger partial charge in [-0.15, -0.1) is 0 Å². The fraction of sp³-hybridized carbons (Fsp3) is 0.103. The van der Waals surface area contributed by atoms with Gasteiger partial charge in [0.2, 0.25) is 6.79 Å². The van der Waals surface area contributed by atoms with E-state index in [0.717, 1.165) is 38.1 Å². The Kier molecular flexibility index (Phi) is 6.78. The van der Waals surface area contributed by atoms with E-state index in [9.17, 15) is 9.59 Å². The number of rotatable bonds is 6. The maximum Gasteiger partial charge on any atom is 0.293 e. The molecule has 0 N–H and O–H groups in total. The second kappa shape index (κ2) is 10.4. The van der Waals surface area contributed by atoms with E-state index in [4.69, 9.17) is 25.8 Å². The van der Waals surface area contributed by atoms with Crippen LogP contribution in [0.5, 0.6) is 17.2 Å². The molecule has 0 bridgehead atoms. The van der Waals surface area contributed by atoms with Crippen LogP contribution in [0, 0.1) is 0 Å². The predicted molar refractivity (Wildman–Crippen MR) is 152 cm³/mol. The molecule has 0 saturated carbocycles. The van der Waals surface area contributed by atoms with Gasteiger partial charge in [-0.25, -0.2) is 0 Å². The lowest BCUT2D eigenvalue weighted by Gasteiger charge is -2.14. The van der Waals surface area contributed by atoms with Crippen molar-refractivity contribution in [2.24, 2.45) is 0 Å². The van der Waals surface area contributed by atoms with Crippen LogP contribution in [0.3, 0.4) is 0 Å². The monoisotopic (exact) mass is 607 g/mol. The Bertz CT molecular complexity index is 1630. The number of ether oxygens (including phenoxy) is 3. The molecule has 2 amide bonds. The molecule has 1 saturated heterocycles. The van der Waals surface area contributed by atoms with E-state index in [2.05, 4.69) is 40.2 Å². The Morgan fingerprint density at radius 3 is 2.61 bits per heavy atom. The first kappa shape index (κ1) is 24.9. The average Bonchev–Trinajstić information content (AvgIpc) is 3.47. The van der Waals surface area contributed by atoms with Gasteiger partial charge in [0, 0.05) is 11.1 Å². The van der Waals surface area contributed by atoms with E-state index in [-0.39, 0.29) is 24.5 Å². The van der Waals surface area contributed by atoms with Gasteiger partial charge in [-0.1, -0.05) is 60.1 Å². The van der Waals surface area contributed by atoms with Crippen molar-refractivity contribution in [2.75, 3.05) is 6.79 Å². The Labute approximate surface area is 236 Å². The zero-order valence-corrected chi connectivity index (χ0v) is 22.9. The SMILES string of the molecule is O=C1S/C(=C\c2ccc(OCc3cccc4ccccc34)c(Br)c2)C(=O)N1Cc1cc2c(cc1Cl)OCO2. The first-order valence-corrected chi connectivity index (χ1v) is 13.7. The van der Waals surface area contributed by atoms with E-state index < -0.39 is 0 Å². The van der Waals surface area contributed by atoms with Gasteiger partial charge >= 0.3 is 0 Å². The van der Waals surface area contributed by atoms with Gasteiger partial charge in [0.15, 0.2) is 11.5 Å². The molecule has 2 heterocycles. The fourth-order valence-electron chi connectivity index (χ4n) is 4.34. The van der Waals surface area contributed by atoms with Gasteiger partial charge in [-0.2, -0.15) is 0 Å². The van der Waals surface area contributed by atoms with Crippen molar-refractivity contribution in [3.8, 4) is 17.2 Å². The van der Waals surface area contributed by atoms with Crippen molar-refractivity contribution in [3.05, 3.63) is 104 Å². The summed E-state index contributed by atoms with van der Waals surface area (Å²) in [6.45, 7) is 0.574. The standard InChI is InChI=1S/C29H19BrClNO5S/c30-22-10-17(8-9-24(22)35-15-19-6-3-5-18-4-1-2-7-21(18)19)11-27-28(33)32(29(34)38-27)14-20-12-25-26(13-23(20)31)37-16-36-25/h1-13H,14-16H2/b27-11-. The lowest BCUT2D eigenvalue weighted by Crippen LogP contribution is -2.27. The molecule has 38 heavy (non-hydrogen) atoms. The lowest BCUT2D eigenvalue weighted by atomic mass is 10.1. The maximum absolute atomic E-state index is 13.1. The van der Waals surface area contributed by atoms with Crippen LogP contribution in [0.4, 0.5) is 4.79 Å². The molecule has 0 unspecified atom stereocenters. The van der Waals surface area contributed by atoms with E-state index in [1.807, 2.05) is 36.4 Å². The number of fused-ring (bicyclic) bond motifs is 2. The minimum Gasteiger partial charge on any atom is -0.488 e. The molecule has 0 radical (unpaired) electrons. The molecule has 2 aliphatic rings. The summed E-state index contributed by atoms with van der Waals surface area (Å²) in [6, 6.07) is 23.2. The molecular formula is C29H19BrClNO5S. The zero-order chi connectivity index (χ0) is 26.2. The van der Waals surface area contributed by atoms with Crippen molar-refractivity contribution in [1.82, 2.24) is 4.90 Å². The van der Waals surface area contributed by atoms with Gasteiger partial charge in [0.25, 0.3) is 11.1 Å². The molecule has 9 heteroatoms. The predicted octanol–water partition coefficient (Wildman–Crippen LogP) is 7.80. The van der Waals surface area contributed by atoms with Crippen LogP contribution >= 0.6 is 39.3 Å². The molecule has 0 spiro atoms. The van der Waals surface area contributed by atoms with E-state index in [1.165, 1.54) is 4.90 Å². The number of amides is 2. The van der Waals surface area contributed by atoms with Gasteiger partial charge in [0.05, 0.1) is 15.9 Å². The van der Waals surface area contributed by atoms with Crippen LogP contribution in [-0.2, 0) is 17.9 Å². The summed E-state index contributed by atoms with van der Waals surface area (Å²) in [6.07, 6.45) is 1.70. The number of carbonyl (C=O) groups excluding carboxylic acids is 2. The van der Waals surface area contributed by atoms with Gasteiger partial charge in [0.1, 0.15) is 12.4 Å². The highest BCUT2D eigenvalue weighted by Crippen LogP contribution is 2.40. The normalized spacial score (nSPS) is 15.6. The molecule has 0 aliphatic carbocycles. The van der Waals surface area contributed by atoms with Crippen molar-refractivity contribution < 1.29 is 23.8 Å². The third kappa shape index (κ3) is 4.87. The Hall–Kier alpha value is -3.46. The van der Waals surface area contributed by atoms with Crippen LogP contribution in [0.15, 0.2) is 82.2 Å². The first-order chi connectivity index (χ1) is 18.5. The lowest BCUT2D eigenvalue weighted by molar-refractivity contribution is -0.123. The highest BCUT2D eigenvalue weighted by Gasteiger charge is 2.35. The number of nitrogens with zero attached hydrogens (tertiary/aromatic N) is 1. The molecule has 6 nitrogen and oxygen atoms in total. The molecule has 0 atom stereocenters. The van der Waals surface area contributed by atoms with E-state index >= 15 is 0 Å². The summed E-state index contributed by atoms with van der Waals surface area (Å²) in [5.41, 5.74) is 2.46. The number of benzene rings is 4. The third-order valence-corrected chi connectivity index (χ3v) is 8.14. The van der Waals surface area contributed by atoms with Crippen molar-refractivity contribution in [2.45, 2.75) is 13.2 Å². The minimum absolute atomic E-state index is 0.0438. The molecular weight excluding hydrogens is 590 g/mol. The zero-order valence-electron chi connectivity index (χ0n) is 19.8. The summed E-state index contributed by atoms with van der Waals surface area (Å²) in [5.74, 6) is 1.39. The second-order valence-electron chi connectivity index (χ2n) is 8.68. The Morgan fingerprint density at radius 1 is 0.974 bits per heavy atom. The fourth-order valence-corrected chi connectivity index (χ4v) is 5.90. The number of hydrogen-bond donors (Lipinski definition) is 0. The smallest absolute Gasteiger partial charge is 0.293 e. The molecule has 190 valence electrons. The average molecular weight is 609 g/mol. The summed E-state index contributed by atoms with van der Waals surface area (Å²) in [7, 11) is 0. The quantitative estimate of drug-likeness (QED) is 0.208. The Morgan fingerprint density at radius 2 is 1.76 bits per heavy atom. The van der Waals surface area contributed by atoms with Crippen LogP contribution < -0.4 is 14.2 Å². The van der Waals surface area contributed by atoms with Gasteiger partial charge < -0.3 is 14.2 Å².